The van der Waals surface area contributed by atoms with E-state index in [4.69, 9.17) is 10.5 Å². The highest BCUT2D eigenvalue weighted by Crippen LogP contribution is 2.28. The Balaban J connectivity index is 1.78. The predicted octanol–water partition coefficient (Wildman–Crippen LogP) is 2.28. The summed E-state index contributed by atoms with van der Waals surface area (Å²) >= 11 is 0. The van der Waals surface area contributed by atoms with Gasteiger partial charge in [0.25, 0.3) is 0 Å². The highest BCUT2D eigenvalue weighted by Gasteiger charge is 2.35. The standard InChI is InChI=1S/C15H21N3O/c16-15(17-12-6-2-1-3-7-12)18-10-11-19-14-9-5-4-8-13(14)18/h1-3,6-7,13-14H,4-5,8-11H2,(H2,16,17). The van der Waals surface area contributed by atoms with Crippen LogP contribution < -0.4 is 5.73 Å². The molecule has 1 aromatic rings. The van der Waals surface area contributed by atoms with Crippen LogP contribution in [0.25, 0.3) is 0 Å². The van der Waals surface area contributed by atoms with Gasteiger partial charge < -0.3 is 15.4 Å². The Morgan fingerprint density at radius 3 is 2.84 bits per heavy atom. The average Bonchev–Trinajstić information content (AvgIpc) is 2.47. The van der Waals surface area contributed by atoms with E-state index in [1.54, 1.807) is 0 Å². The summed E-state index contributed by atoms with van der Waals surface area (Å²) in [6.45, 7) is 1.61. The van der Waals surface area contributed by atoms with E-state index in [0.717, 1.165) is 31.7 Å². The van der Waals surface area contributed by atoms with Gasteiger partial charge in [-0.2, -0.15) is 0 Å². The smallest absolute Gasteiger partial charge is 0.196 e. The first-order valence-electron chi connectivity index (χ1n) is 7.12. The maximum absolute atomic E-state index is 6.21. The van der Waals surface area contributed by atoms with Crippen molar-refractivity contribution in [1.82, 2.24) is 4.90 Å². The molecule has 2 unspecified atom stereocenters. The van der Waals surface area contributed by atoms with Crippen LogP contribution in [0.2, 0.25) is 0 Å². The lowest BCUT2D eigenvalue weighted by Crippen LogP contribution is -2.56. The van der Waals surface area contributed by atoms with Crippen LogP contribution in [0.4, 0.5) is 5.69 Å². The number of nitrogens with two attached hydrogens (primary N) is 1. The van der Waals surface area contributed by atoms with Crippen molar-refractivity contribution in [2.45, 2.75) is 37.8 Å². The fourth-order valence-corrected chi connectivity index (χ4v) is 3.08. The second-order valence-electron chi connectivity index (χ2n) is 5.26. The Hall–Kier alpha value is -1.55. The molecular weight excluding hydrogens is 238 g/mol. The quantitative estimate of drug-likeness (QED) is 0.622. The molecule has 0 amide bonds. The maximum Gasteiger partial charge on any atom is 0.196 e. The molecule has 1 saturated heterocycles. The van der Waals surface area contributed by atoms with Crippen molar-refractivity contribution >= 4 is 11.6 Å². The van der Waals surface area contributed by atoms with Crippen LogP contribution in [-0.4, -0.2) is 36.2 Å². The van der Waals surface area contributed by atoms with Gasteiger partial charge in [-0.15, -0.1) is 0 Å². The molecule has 1 aliphatic carbocycles. The number of nitrogens with zero attached hydrogens (tertiary/aromatic N) is 2. The summed E-state index contributed by atoms with van der Waals surface area (Å²) in [4.78, 5) is 6.77. The van der Waals surface area contributed by atoms with Crippen LogP contribution in [0.3, 0.4) is 0 Å². The molecule has 1 aromatic carbocycles. The van der Waals surface area contributed by atoms with Crippen LogP contribution in [0.15, 0.2) is 35.3 Å². The van der Waals surface area contributed by atoms with Crippen molar-refractivity contribution in [1.29, 1.82) is 0 Å². The van der Waals surface area contributed by atoms with Crippen molar-refractivity contribution in [2.24, 2.45) is 10.7 Å². The van der Waals surface area contributed by atoms with Gasteiger partial charge in [0.2, 0.25) is 0 Å². The fraction of sp³-hybridized carbons (Fsp3) is 0.533. The lowest BCUT2D eigenvalue weighted by molar-refractivity contribution is -0.0640. The van der Waals surface area contributed by atoms with Gasteiger partial charge in [-0.1, -0.05) is 31.0 Å². The lowest BCUT2D eigenvalue weighted by Gasteiger charge is -2.44. The van der Waals surface area contributed by atoms with E-state index in [9.17, 15) is 0 Å². The van der Waals surface area contributed by atoms with Crippen molar-refractivity contribution in [3.63, 3.8) is 0 Å². The molecule has 4 nitrogen and oxygen atoms in total. The van der Waals surface area contributed by atoms with Gasteiger partial charge in [-0.3, -0.25) is 0 Å². The molecule has 0 aromatic heterocycles. The zero-order chi connectivity index (χ0) is 13.1. The van der Waals surface area contributed by atoms with E-state index < -0.39 is 0 Å². The number of guanidine groups is 1. The molecule has 1 aliphatic heterocycles. The number of hydrogen-bond donors (Lipinski definition) is 1. The Labute approximate surface area is 114 Å². The van der Waals surface area contributed by atoms with E-state index in [1.807, 2.05) is 30.3 Å². The second kappa shape index (κ2) is 5.61. The zero-order valence-electron chi connectivity index (χ0n) is 11.2. The number of hydrogen-bond acceptors (Lipinski definition) is 2. The predicted molar refractivity (Wildman–Crippen MR) is 76.4 cm³/mol. The molecule has 0 bridgehead atoms. The Morgan fingerprint density at radius 2 is 2.00 bits per heavy atom. The third kappa shape index (κ3) is 2.73. The van der Waals surface area contributed by atoms with Crippen LogP contribution in [0.5, 0.6) is 0 Å². The van der Waals surface area contributed by atoms with Crippen molar-refractivity contribution in [3.8, 4) is 0 Å². The highest BCUT2D eigenvalue weighted by atomic mass is 16.5. The SMILES string of the molecule is NC(=Nc1ccccc1)N1CCOC2CCCCC21. The molecule has 1 saturated carbocycles. The third-order valence-electron chi connectivity index (χ3n) is 4.03. The summed E-state index contributed by atoms with van der Waals surface area (Å²) in [6, 6.07) is 10.3. The van der Waals surface area contributed by atoms with Crippen LogP contribution in [0.1, 0.15) is 25.7 Å². The van der Waals surface area contributed by atoms with Gasteiger partial charge in [0.15, 0.2) is 5.96 Å². The van der Waals surface area contributed by atoms with Crippen molar-refractivity contribution < 1.29 is 4.74 Å². The Bertz CT molecular complexity index is 444. The molecule has 2 fully saturated rings. The summed E-state index contributed by atoms with van der Waals surface area (Å²) < 4.78 is 5.86. The van der Waals surface area contributed by atoms with Crippen molar-refractivity contribution in [3.05, 3.63) is 30.3 Å². The molecule has 19 heavy (non-hydrogen) atoms. The monoisotopic (exact) mass is 259 g/mol. The molecule has 3 rings (SSSR count). The van der Waals surface area contributed by atoms with E-state index >= 15 is 0 Å². The van der Waals surface area contributed by atoms with E-state index in [0.29, 0.717) is 18.1 Å². The fourth-order valence-electron chi connectivity index (χ4n) is 3.08. The van der Waals surface area contributed by atoms with Crippen LogP contribution in [-0.2, 0) is 4.74 Å². The topological polar surface area (TPSA) is 50.8 Å². The lowest BCUT2D eigenvalue weighted by atomic mass is 9.90. The number of benzene rings is 1. The number of fused-ring (bicyclic) bond motifs is 1. The molecule has 102 valence electrons. The first kappa shape index (κ1) is 12.5. The maximum atomic E-state index is 6.21. The average molecular weight is 259 g/mol. The Kier molecular flexibility index (Phi) is 3.69. The van der Waals surface area contributed by atoms with Gasteiger partial charge in [0, 0.05) is 6.54 Å². The van der Waals surface area contributed by atoms with E-state index in [2.05, 4.69) is 9.89 Å². The molecule has 0 spiro atoms. The summed E-state index contributed by atoms with van der Waals surface area (Å²) in [6.07, 6.45) is 5.19. The third-order valence-corrected chi connectivity index (χ3v) is 4.03. The van der Waals surface area contributed by atoms with E-state index in [-0.39, 0.29) is 0 Å². The molecule has 0 radical (unpaired) electrons. The second-order valence-corrected chi connectivity index (χ2v) is 5.26. The molecule has 2 atom stereocenters. The normalized spacial score (nSPS) is 28.0. The number of ether oxygens (including phenoxy) is 1. The van der Waals surface area contributed by atoms with Gasteiger partial charge in [0.05, 0.1) is 24.4 Å². The number of rotatable bonds is 1. The minimum absolute atomic E-state index is 0.340. The van der Waals surface area contributed by atoms with E-state index in [1.165, 1.54) is 12.8 Å². The number of para-hydroxylation sites is 1. The molecule has 4 heteroatoms. The van der Waals surface area contributed by atoms with Gasteiger partial charge >= 0.3 is 0 Å². The minimum Gasteiger partial charge on any atom is -0.374 e. The van der Waals surface area contributed by atoms with Gasteiger partial charge in [0.1, 0.15) is 0 Å². The first-order valence-corrected chi connectivity index (χ1v) is 7.12. The summed E-state index contributed by atoms with van der Waals surface area (Å²) in [5.41, 5.74) is 7.12. The molecular formula is C15H21N3O. The Morgan fingerprint density at radius 1 is 1.21 bits per heavy atom. The van der Waals surface area contributed by atoms with Gasteiger partial charge in [-0.05, 0) is 25.0 Å². The number of morpholine rings is 1. The van der Waals surface area contributed by atoms with Crippen LogP contribution in [0, 0.1) is 0 Å². The molecule has 2 N–H and O–H groups in total. The minimum atomic E-state index is 0.340. The number of aliphatic imine (C=N–C) groups is 1. The molecule has 2 aliphatic rings. The summed E-state index contributed by atoms with van der Waals surface area (Å²) in [7, 11) is 0. The molecule has 1 heterocycles. The largest absolute Gasteiger partial charge is 0.374 e. The van der Waals surface area contributed by atoms with Crippen LogP contribution >= 0.6 is 0 Å². The first-order chi connectivity index (χ1) is 9.34. The highest BCUT2D eigenvalue weighted by molar-refractivity contribution is 5.81. The summed E-state index contributed by atoms with van der Waals surface area (Å²) in [5, 5.41) is 0. The summed E-state index contributed by atoms with van der Waals surface area (Å²) in [5.74, 6) is 0.631. The van der Waals surface area contributed by atoms with Crippen molar-refractivity contribution in [2.75, 3.05) is 13.2 Å². The van der Waals surface area contributed by atoms with Gasteiger partial charge in [-0.25, -0.2) is 4.99 Å². The zero-order valence-corrected chi connectivity index (χ0v) is 11.2.